The minimum absolute atomic E-state index is 0.288. The van der Waals surface area contributed by atoms with Crippen LogP contribution in [0.4, 0.5) is 15.8 Å². The maximum Gasteiger partial charge on any atom is 0.221 e. The Bertz CT molecular complexity index is 352. The van der Waals surface area contributed by atoms with Crippen molar-refractivity contribution in [1.29, 1.82) is 0 Å². The van der Waals surface area contributed by atoms with Crippen LogP contribution in [0.15, 0.2) is 23.4 Å². The molecule has 68 valence electrons. The van der Waals surface area contributed by atoms with Gasteiger partial charge in [-0.3, -0.25) is 4.79 Å². The maximum atomic E-state index is 12.7. The van der Waals surface area contributed by atoms with Crippen molar-refractivity contribution >= 4 is 17.3 Å². The van der Waals surface area contributed by atoms with E-state index in [2.05, 4.69) is 10.5 Å². The molecular formula is C8H7FN2O2. The SMILES string of the molecule is CC(=O)Nc1ccc(F)c(N=O)c1. The second-order valence-electron chi connectivity index (χ2n) is 2.44. The number of carbonyl (C=O) groups is 1. The van der Waals surface area contributed by atoms with Crippen LogP contribution < -0.4 is 5.32 Å². The highest BCUT2D eigenvalue weighted by Crippen LogP contribution is 2.21. The van der Waals surface area contributed by atoms with Gasteiger partial charge in [-0.1, -0.05) is 0 Å². The Hall–Kier alpha value is -1.78. The number of rotatable bonds is 2. The van der Waals surface area contributed by atoms with E-state index in [0.29, 0.717) is 5.69 Å². The molecule has 1 rings (SSSR count). The summed E-state index contributed by atoms with van der Waals surface area (Å²) in [6.07, 6.45) is 0. The van der Waals surface area contributed by atoms with Gasteiger partial charge in [0.25, 0.3) is 0 Å². The zero-order chi connectivity index (χ0) is 9.84. The first-order chi connectivity index (χ1) is 6.13. The number of anilines is 1. The third-order valence-corrected chi connectivity index (χ3v) is 1.36. The lowest BCUT2D eigenvalue weighted by atomic mass is 10.2. The summed E-state index contributed by atoms with van der Waals surface area (Å²) in [5.74, 6) is -0.993. The van der Waals surface area contributed by atoms with Crippen molar-refractivity contribution in [3.63, 3.8) is 0 Å². The van der Waals surface area contributed by atoms with Crippen molar-refractivity contribution < 1.29 is 9.18 Å². The molecule has 1 aromatic rings. The highest BCUT2D eigenvalue weighted by molar-refractivity contribution is 5.89. The fraction of sp³-hybridized carbons (Fsp3) is 0.125. The van der Waals surface area contributed by atoms with Crippen LogP contribution in [0, 0.1) is 10.7 Å². The molecule has 0 unspecified atom stereocenters. The molecule has 0 bridgehead atoms. The highest BCUT2D eigenvalue weighted by Gasteiger charge is 2.03. The van der Waals surface area contributed by atoms with Crippen LogP contribution in [0.1, 0.15) is 6.92 Å². The van der Waals surface area contributed by atoms with Gasteiger partial charge in [0.1, 0.15) is 5.69 Å². The Kier molecular flexibility index (Phi) is 2.69. The monoisotopic (exact) mass is 182 g/mol. The molecule has 5 heteroatoms. The Morgan fingerprint density at radius 3 is 2.77 bits per heavy atom. The summed E-state index contributed by atoms with van der Waals surface area (Å²) >= 11 is 0. The van der Waals surface area contributed by atoms with E-state index in [1.807, 2.05) is 0 Å². The molecular weight excluding hydrogens is 175 g/mol. The predicted octanol–water partition coefficient (Wildman–Crippen LogP) is 2.18. The van der Waals surface area contributed by atoms with Crippen LogP contribution in [0.3, 0.4) is 0 Å². The van der Waals surface area contributed by atoms with Crippen LogP contribution in [-0.4, -0.2) is 5.91 Å². The number of carbonyl (C=O) groups excluding carboxylic acids is 1. The van der Waals surface area contributed by atoms with Gasteiger partial charge in [0, 0.05) is 12.6 Å². The normalized spacial score (nSPS) is 9.38. The van der Waals surface area contributed by atoms with E-state index in [0.717, 1.165) is 6.07 Å². The molecule has 1 N–H and O–H groups in total. The first kappa shape index (κ1) is 9.31. The molecule has 0 fully saturated rings. The Morgan fingerprint density at radius 2 is 2.23 bits per heavy atom. The van der Waals surface area contributed by atoms with Crippen LogP contribution >= 0.6 is 0 Å². The van der Waals surface area contributed by atoms with E-state index in [-0.39, 0.29) is 11.6 Å². The van der Waals surface area contributed by atoms with E-state index >= 15 is 0 Å². The standard InChI is InChI=1S/C8H7FN2O2/c1-5(12)10-6-2-3-7(9)8(4-6)11-13/h2-4H,1H3,(H,10,12). The number of benzene rings is 1. The maximum absolute atomic E-state index is 12.7. The van der Waals surface area contributed by atoms with E-state index < -0.39 is 5.82 Å². The van der Waals surface area contributed by atoms with Crippen molar-refractivity contribution in [3.05, 3.63) is 28.9 Å². The molecule has 4 nitrogen and oxygen atoms in total. The molecule has 13 heavy (non-hydrogen) atoms. The number of hydrogen-bond donors (Lipinski definition) is 1. The number of nitroso groups, excluding NO2 is 1. The first-order valence-corrected chi connectivity index (χ1v) is 3.54. The first-order valence-electron chi connectivity index (χ1n) is 3.54. The molecule has 0 heterocycles. The summed E-state index contributed by atoms with van der Waals surface area (Å²) in [6.45, 7) is 1.32. The number of nitrogens with zero attached hydrogens (tertiary/aromatic N) is 1. The van der Waals surface area contributed by atoms with Gasteiger partial charge >= 0.3 is 0 Å². The van der Waals surface area contributed by atoms with Gasteiger partial charge in [0.05, 0.1) is 0 Å². The van der Waals surface area contributed by atoms with Crippen molar-refractivity contribution in [2.75, 3.05) is 5.32 Å². The fourth-order valence-electron chi connectivity index (χ4n) is 0.864. The summed E-state index contributed by atoms with van der Waals surface area (Å²) < 4.78 is 12.7. The largest absolute Gasteiger partial charge is 0.326 e. The minimum Gasteiger partial charge on any atom is -0.326 e. The van der Waals surface area contributed by atoms with Crippen LogP contribution in [-0.2, 0) is 4.79 Å². The Morgan fingerprint density at radius 1 is 1.54 bits per heavy atom. The Labute approximate surface area is 73.7 Å². The molecule has 0 spiro atoms. The number of halogens is 1. The molecule has 0 aliphatic rings. The van der Waals surface area contributed by atoms with Crippen molar-refractivity contribution in [3.8, 4) is 0 Å². The minimum atomic E-state index is -0.705. The molecule has 0 aliphatic carbocycles. The topological polar surface area (TPSA) is 58.5 Å². The summed E-state index contributed by atoms with van der Waals surface area (Å²) in [5, 5.41) is 4.86. The van der Waals surface area contributed by atoms with E-state index in [4.69, 9.17) is 0 Å². The summed E-state index contributed by atoms with van der Waals surface area (Å²) in [6, 6.07) is 3.59. The van der Waals surface area contributed by atoms with Crippen LogP contribution in [0.5, 0.6) is 0 Å². The van der Waals surface area contributed by atoms with Gasteiger partial charge in [0.2, 0.25) is 5.91 Å². The van der Waals surface area contributed by atoms with Gasteiger partial charge in [0.15, 0.2) is 5.82 Å². The fourth-order valence-corrected chi connectivity index (χ4v) is 0.864. The van der Waals surface area contributed by atoms with Gasteiger partial charge < -0.3 is 5.32 Å². The Balaban J connectivity index is 2.99. The third-order valence-electron chi connectivity index (χ3n) is 1.36. The van der Waals surface area contributed by atoms with Crippen molar-refractivity contribution in [2.24, 2.45) is 5.18 Å². The van der Waals surface area contributed by atoms with E-state index in [9.17, 15) is 14.1 Å². The lowest BCUT2D eigenvalue weighted by Crippen LogP contribution is -2.05. The zero-order valence-corrected chi connectivity index (χ0v) is 6.87. The highest BCUT2D eigenvalue weighted by atomic mass is 19.1. The molecule has 0 aliphatic heterocycles. The second kappa shape index (κ2) is 3.75. The lowest BCUT2D eigenvalue weighted by molar-refractivity contribution is -0.114. The molecule has 0 saturated heterocycles. The molecule has 0 radical (unpaired) electrons. The second-order valence-corrected chi connectivity index (χ2v) is 2.44. The van der Waals surface area contributed by atoms with Gasteiger partial charge in [-0.15, -0.1) is 4.91 Å². The predicted molar refractivity (Wildman–Crippen MR) is 46.2 cm³/mol. The van der Waals surface area contributed by atoms with Gasteiger partial charge in [-0.25, -0.2) is 4.39 Å². The number of hydrogen-bond acceptors (Lipinski definition) is 3. The molecule has 0 aromatic heterocycles. The van der Waals surface area contributed by atoms with E-state index in [1.54, 1.807) is 0 Å². The lowest BCUT2D eigenvalue weighted by Gasteiger charge is -2.01. The summed E-state index contributed by atoms with van der Waals surface area (Å²) in [4.78, 5) is 20.6. The van der Waals surface area contributed by atoms with Gasteiger partial charge in [-0.05, 0) is 23.4 Å². The summed E-state index contributed by atoms with van der Waals surface area (Å²) in [5.41, 5.74) is 0.0368. The zero-order valence-electron chi connectivity index (χ0n) is 6.87. The summed E-state index contributed by atoms with van der Waals surface area (Å²) in [7, 11) is 0. The van der Waals surface area contributed by atoms with Crippen molar-refractivity contribution in [2.45, 2.75) is 6.92 Å². The molecule has 0 saturated carbocycles. The number of amides is 1. The average molecular weight is 182 g/mol. The molecule has 1 aromatic carbocycles. The molecule has 1 amide bonds. The van der Waals surface area contributed by atoms with Crippen molar-refractivity contribution in [1.82, 2.24) is 0 Å². The van der Waals surface area contributed by atoms with Crippen LogP contribution in [0.25, 0.3) is 0 Å². The van der Waals surface area contributed by atoms with E-state index in [1.165, 1.54) is 19.1 Å². The van der Waals surface area contributed by atoms with Crippen LogP contribution in [0.2, 0.25) is 0 Å². The van der Waals surface area contributed by atoms with Gasteiger partial charge in [-0.2, -0.15) is 0 Å². The average Bonchev–Trinajstić information content (AvgIpc) is 2.07. The third kappa shape index (κ3) is 2.33. The quantitative estimate of drug-likeness (QED) is 0.712. The number of nitrogens with one attached hydrogen (secondary N) is 1. The smallest absolute Gasteiger partial charge is 0.221 e. The molecule has 0 atom stereocenters.